The van der Waals surface area contributed by atoms with Gasteiger partial charge in [-0.2, -0.15) is 0 Å². The van der Waals surface area contributed by atoms with Gasteiger partial charge in [-0.05, 0) is 104 Å². The number of benzene rings is 3. The third-order valence-corrected chi connectivity index (χ3v) is 6.76. The van der Waals surface area contributed by atoms with Gasteiger partial charge in [0, 0.05) is 17.8 Å². The molecule has 0 spiro atoms. The molecule has 1 N–H and O–H groups in total. The van der Waals surface area contributed by atoms with E-state index in [0.717, 1.165) is 10.6 Å². The molecule has 0 aliphatic carbocycles. The maximum Gasteiger partial charge on any atom is 0.341 e. The summed E-state index contributed by atoms with van der Waals surface area (Å²) in [7, 11) is 0. The highest BCUT2D eigenvalue weighted by Gasteiger charge is 2.08. The fourth-order valence-electron chi connectivity index (χ4n) is 2.71. The van der Waals surface area contributed by atoms with Crippen LogP contribution in [0.15, 0.2) is 77.7 Å². The predicted octanol–water partition coefficient (Wildman–Crippen LogP) is 7.24. The van der Waals surface area contributed by atoms with E-state index in [4.69, 9.17) is 21.4 Å². The summed E-state index contributed by atoms with van der Waals surface area (Å²) >= 11 is 12.5. The number of carboxylic acid groups (broad SMARTS) is 1. The zero-order valence-electron chi connectivity index (χ0n) is 15.6. The van der Waals surface area contributed by atoms with Crippen LogP contribution < -0.4 is 4.74 Å². The number of rotatable bonds is 8. The first kappa shape index (κ1) is 23.4. The molecule has 0 fully saturated rings. The lowest BCUT2D eigenvalue weighted by atomic mass is 9.98. The molecule has 0 saturated heterocycles. The summed E-state index contributed by atoms with van der Waals surface area (Å²) in [5.74, 6) is 0.102. The summed E-state index contributed by atoms with van der Waals surface area (Å²) < 4.78 is 7.58. The quantitative estimate of drug-likeness (QED) is 0.204. The van der Waals surface area contributed by atoms with Gasteiger partial charge in [0.15, 0.2) is 6.61 Å². The molecule has 7 heteroatoms. The third-order valence-electron chi connectivity index (χ3n) is 4.10. The summed E-state index contributed by atoms with van der Waals surface area (Å²) in [5, 5.41) is 9.13. The van der Waals surface area contributed by atoms with Crippen LogP contribution in [0.2, 0.25) is 5.02 Å². The Kier molecular flexibility index (Phi) is 8.91. The van der Waals surface area contributed by atoms with Gasteiger partial charge in [0.25, 0.3) is 0 Å². The van der Waals surface area contributed by atoms with Crippen molar-refractivity contribution in [2.75, 3.05) is 12.4 Å². The van der Waals surface area contributed by atoms with Crippen molar-refractivity contribution in [2.24, 2.45) is 0 Å². The summed E-state index contributed by atoms with van der Waals surface area (Å²) in [5.41, 5.74) is 3.53. The minimum Gasteiger partial charge on any atom is -0.480 e. The minimum absolute atomic E-state index is 0.373. The van der Waals surface area contributed by atoms with Gasteiger partial charge >= 0.3 is 5.97 Å². The highest BCUT2D eigenvalue weighted by Crippen LogP contribution is 2.31. The normalized spacial score (nSPS) is 10.5. The zero-order valence-corrected chi connectivity index (χ0v) is 21.5. The lowest BCUT2D eigenvalue weighted by molar-refractivity contribution is -0.139. The topological polar surface area (TPSA) is 46.5 Å². The fourth-order valence-corrected chi connectivity index (χ4v) is 4.54. The second-order valence-electron chi connectivity index (χ2n) is 6.22. The maximum atomic E-state index is 10.6. The standard InChI is InChI=1S/C23H17ClI2O3S/c24-21-13-19(9-10-22(21)29-14-23(27)28)30-12-11-20(15-1-5-17(25)6-2-15)16-3-7-18(26)8-4-16/h1-11,13H,12,14H2,(H,27,28). The number of ether oxygens (including phenoxy) is 1. The van der Waals surface area contributed by atoms with E-state index in [2.05, 4.69) is 99.8 Å². The van der Waals surface area contributed by atoms with Gasteiger partial charge in [-0.15, -0.1) is 11.8 Å². The van der Waals surface area contributed by atoms with E-state index >= 15 is 0 Å². The third kappa shape index (κ3) is 6.90. The Morgan fingerprint density at radius 2 is 1.53 bits per heavy atom. The molecule has 3 nitrogen and oxygen atoms in total. The molecule has 30 heavy (non-hydrogen) atoms. The van der Waals surface area contributed by atoms with Crippen molar-refractivity contribution in [2.45, 2.75) is 4.90 Å². The molecular formula is C23H17ClI2O3S. The van der Waals surface area contributed by atoms with Gasteiger partial charge in [0.1, 0.15) is 5.75 Å². The van der Waals surface area contributed by atoms with Crippen LogP contribution in [-0.2, 0) is 4.79 Å². The first-order chi connectivity index (χ1) is 14.4. The number of hydrogen-bond acceptors (Lipinski definition) is 3. The van der Waals surface area contributed by atoms with E-state index in [-0.39, 0.29) is 0 Å². The number of halogens is 3. The van der Waals surface area contributed by atoms with Gasteiger partial charge < -0.3 is 9.84 Å². The number of thioether (sulfide) groups is 1. The van der Waals surface area contributed by atoms with Crippen LogP contribution in [0.4, 0.5) is 0 Å². The van der Waals surface area contributed by atoms with Crippen LogP contribution in [0.3, 0.4) is 0 Å². The molecular weight excluding hydrogens is 646 g/mol. The number of carboxylic acids is 1. The number of aliphatic carboxylic acids is 1. The van der Waals surface area contributed by atoms with Crippen molar-refractivity contribution >= 4 is 80.1 Å². The average molecular weight is 663 g/mol. The second-order valence-corrected chi connectivity index (χ2v) is 10.2. The fraction of sp³-hybridized carbons (Fsp3) is 0.0870. The first-order valence-electron chi connectivity index (χ1n) is 8.91. The van der Waals surface area contributed by atoms with Gasteiger partial charge in [0.2, 0.25) is 0 Å². The summed E-state index contributed by atoms with van der Waals surface area (Å²) in [6, 6.07) is 22.4. The van der Waals surface area contributed by atoms with Crippen LogP contribution in [-0.4, -0.2) is 23.4 Å². The Morgan fingerprint density at radius 3 is 2.03 bits per heavy atom. The van der Waals surface area contributed by atoms with Gasteiger partial charge in [0.05, 0.1) is 5.02 Å². The van der Waals surface area contributed by atoms with Crippen LogP contribution in [0, 0.1) is 7.14 Å². The smallest absolute Gasteiger partial charge is 0.341 e. The van der Waals surface area contributed by atoms with E-state index in [1.807, 2.05) is 6.07 Å². The van der Waals surface area contributed by atoms with Gasteiger partial charge in [-0.3, -0.25) is 0 Å². The van der Waals surface area contributed by atoms with Crippen LogP contribution in [0.1, 0.15) is 11.1 Å². The monoisotopic (exact) mass is 662 g/mol. The minimum atomic E-state index is -1.03. The van der Waals surface area contributed by atoms with Gasteiger partial charge in [-0.1, -0.05) is 41.9 Å². The van der Waals surface area contributed by atoms with Crippen molar-refractivity contribution in [3.8, 4) is 5.75 Å². The van der Waals surface area contributed by atoms with E-state index in [1.54, 1.807) is 23.9 Å². The van der Waals surface area contributed by atoms with E-state index in [0.29, 0.717) is 10.8 Å². The van der Waals surface area contributed by atoms with Crippen molar-refractivity contribution < 1.29 is 14.6 Å². The Morgan fingerprint density at radius 1 is 0.967 bits per heavy atom. The Bertz CT molecular complexity index is 1000. The Labute approximate surface area is 212 Å². The Balaban J connectivity index is 1.77. The SMILES string of the molecule is O=C(O)COc1ccc(SCC=C(c2ccc(I)cc2)c2ccc(I)cc2)cc1Cl. The Hall–Kier alpha value is -1.23. The van der Waals surface area contributed by atoms with E-state index in [1.165, 1.54) is 23.8 Å². The summed E-state index contributed by atoms with van der Waals surface area (Å²) in [6.07, 6.45) is 2.22. The molecule has 0 radical (unpaired) electrons. The lowest BCUT2D eigenvalue weighted by Gasteiger charge is -2.10. The number of carbonyl (C=O) groups is 1. The molecule has 0 atom stereocenters. The van der Waals surface area contributed by atoms with Crippen molar-refractivity contribution in [1.82, 2.24) is 0 Å². The zero-order chi connectivity index (χ0) is 21.5. The molecule has 154 valence electrons. The predicted molar refractivity (Wildman–Crippen MR) is 141 cm³/mol. The molecule has 0 unspecified atom stereocenters. The molecule has 3 rings (SSSR count). The largest absolute Gasteiger partial charge is 0.480 e. The molecule has 0 heterocycles. The molecule has 0 aliphatic rings. The molecule has 0 aliphatic heterocycles. The van der Waals surface area contributed by atoms with Gasteiger partial charge in [-0.25, -0.2) is 4.79 Å². The van der Waals surface area contributed by atoms with E-state index < -0.39 is 12.6 Å². The first-order valence-corrected chi connectivity index (χ1v) is 12.4. The highest BCUT2D eigenvalue weighted by atomic mass is 127. The second kappa shape index (κ2) is 11.4. The molecule has 3 aromatic carbocycles. The van der Waals surface area contributed by atoms with E-state index in [9.17, 15) is 4.79 Å². The summed E-state index contributed by atoms with van der Waals surface area (Å²) in [4.78, 5) is 11.6. The molecule has 0 amide bonds. The lowest BCUT2D eigenvalue weighted by Crippen LogP contribution is -2.09. The maximum absolute atomic E-state index is 10.6. The van der Waals surface area contributed by atoms with Crippen molar-refractivity contribution in [1.29, 1.82) is 0 Å². The summed E-state index contributed by atoms with van der Waals surface area (Å²) in [6.45, 7) is -0.412. The molecule has 0 aromatic heterocycles. The van der Waals surface area contributed by atoms with Crippen LogP contribution in [0.25, 0.3) is 5.57 Å². The van der Waals surface area contributed by atoms with Crippen LogP contribution in [0.5, 0.6) is 5.75 Å². The molecule has 0 saturated carbocycles. The van der Waals surface area contributed by atoms with Crippen molar-refractivity contribution in [3.05, 3.63) is 96.1 Å². The number of hydrogen-bond donors (Lipinski definition) is 1. The molecule has 3 aromatic rings. The molecule has 0 bridgehead atoms. The average Bonchev–Trinajstić information content (AvgIpc) is 2.72. The van der Waals surface area contributed by atoms with Crippen LogP contribution >= 0.6 is 68.5 Å². The highest BCUT2D eigenvalue weighted by molar-refractivity contribution is 14.1. The van der Waals surface area contributed by atoms with Crippen molar-refractivity contribution in [3.63, 3.8) is 0 Å².